The molecule has 0 N–H and O–H groups in total. The fourth-order valence-corrected chi connectivity index (χ4v) is 3.57. The van der Waals surface area contributed by atoms with Crippen LogP contribution in [0.5, 0.6) is 0 Å². The maximum Gasteiger partial charge on any atom is 0.302 e. The van der Waals surface area contributed by atoms with Gasteiger partial charge in [-0.1, -0.05) is 11.6 Å². The monoisotopic (exact) mass is 418 g/mol. The SMILES string of the molecule is O=C1CC(CS(=O)(=O)F)CN1c1ccnc(Cl)c1I. The van der Waals surface area contributed by atoms with Gasteiger partial charge in [0.1, 0.15) is 5.15 Å². The number of carbonyl (C=O) groups excluding carboxylic acids is 1. The van der Waals surface area contributed by atoms with E-state index in [4.69, 9.17) is 11.6 Å². The Morgan fingerprint density at radius 3 is 2.89 bits per heavy atom. The van der Waals surface area contributed by atoms with Crippen molar-refractivity contribution in [2.24, 2.45) is 5.92 Å². The summed E-state index contributed by atoms with van der Waals surface area (Å²) in [5.41, 5.74) is 0.573. The van der Waals surface area contributed by atoms with Crippen LogP contribution in [0.1, 0.15) is 6.42 Å². The van der Waals surface area contributed by atoms with Crippen LogP contribution in [0.15, 0.2) is 12.3 Å². The molecule has 1 aliphatic heterocycles. The van der Waals surface area contributed by atoms with Crippen molar-refractivity contribution in [3.05, 3.63) is 21.0 Å². The predicted octanol–water partition coefficient (Wildman–Crippen LogP) is 1.99. The standard InChI is InChI=1S/C10H9ClFIN2O3S/c11-10-9(13)7(1-2-14-10)15-4-6(3-8(15)16)5-19(12,17)18/h1-2,6H,3-5H2. The van der Waals surface area contributed by atoms with Crippen molar-refractivity contribution in [3.8, 4) is 0 Å². The van der Waals surface area contributed by atoms with Crippen LogP contribution in [-0.4, -0.2) is 31.6 Å². The highest BCUT2D eigenvalue weighted by atomic mass is 127. The largest absolute Gasteiger partial charge is 0.311 e. The molecule has 1 amide bonds. The lowest BCUT2D eigenvalue weighted by atomic mass is 10.1. The number of aromatic nitrogens is 1. The molecule has 104 valence electrons. The predicted molar refractivity (Wildman–Crippen MR) is 77.3 cm³/mol. The third-order valence-electron chi connectivity index (χ3n) is 2.76. The third kappa shape index (κ3) is 3.54. The van der Waals surface area contributed by atoms with E-state index in [0.717, 1.165) is 0 Å². The van der Waals surface area contributed by atoms with Crippen LogP contribution in [0.4, 0.5) is 9.57 Å². The Morgan fingerprint density at radius 2 is 2.26 bits per heavy atom. The molecule has 1 saturated heterocycles. The molecule has 1 aromatic rings. The number of hydrogen-bond donors (Lipinski definition) is 0. The molecule has 0 spiro atoms. The number of anilines is 1. The van der Waals surface area contributed by atoms with E-state index in [-0.39, 0.29) is 24.0 Å². The van der Waals surface area contributed by atoms with Crippen LogP contribution in [0.3, 0.4) is 0 Å². The van der Waals surface area contributed by atoms with E-state index in [1.807, 2.05) is 22.6 Å². The minimum absolute atomic E-state index is 0.0131. The van der Waals surface area contributed by atoms with Crippen LogP contribution >= 0.6 is 34.2 Å². The van der Waals surface area contributed by atoms with Crippen molar-refractivity contribution in [3.63, 3.8) is 0 Å². The summed E-state index contributed by atoms with van der Waals surface area (Å²) in [6, 6.07) is 1.62. The van der Waals surface area contributed by atoms with Gasteiger partial charge in [-0.15, -0.1) is 3.89 Å². The quantitative estimate of drug-likeness (QED) is 0.428. The number of pyridine rings is 1. The molecule has 0 bridgehead atoms. The van der Waals surface area contributed by atoms with Gasteiger partial charge in [-0.2, -0.15) is 8.42 Å². The molecule has 0 radical (unpaired) electrons. The Labute approximate surface area is 128 Å². The number of nitrogens with zero attached hydrogens (tertiary/aromatic N) is 2. The van der Waals surface area contributed by atoms with E-state index in [1.54, 1.807) is 6.07 Å². The maximum atomic E-state index is 12.7. The van der Waals surface area contributed by atoms with Gasteiger partial charge in [0.25, 0.3) is 0 Å². The normalized spacial score (nSPS) is 20.1. The second-order valence-electron chi connectivity index (χ2n) is 4.21. The number of halogens is 3. The van der Waals surface area contributed by atoms with E-state index in [2.05, 4.69) is 4.98 Å². The van der Waals surface area contributed by atoms with Gasteiger partial charge in [0, 0.05) is 25.1 Å². The highest BCUT2D eigenvalue weighted by Gasteiger charge is 2.34. The van der Waals surface area contributed by atoms with Crippen LogP contribution in [0.2, 0.25) is 5.15 Å². The number of amides is 1. The third-order valence-corrected chi connectivity index (χ3v) is 5.30. The molecule has 5 nitrogen and oxygen atoms in total. The van der Waals surface area contributed by atoms with Crippen molar-refractivity contribution in [1.29, 1.82) is 0 Å². The minimum atomic E-state index is -4.57. The summed E-state index contributed by atoms with van der Waals surface area (Å²) in [4.78, 5) is 17.2. The fraction of sp³-hybridized carbons (Fsp3) is 0.400. The Morgan fingerprint density at radius 1 is 1.58 bits per heavy atom. The first-order valence-electron chi connectivity index (χ1n) is 5.30. The van der Waals surface area contributed by atoms with Gasteiger partial charge in [-0.05, 0) is 28.7 Å². The zero-order chi connectivity index (χ0) is 14.2. The summed E-state index contributed by atoms with van der Waals surface area (Å²) in [6.45, 7) is 0.165. The lowest BCUT2D eigenvalue weighted by molar-refractivity contribution is -0.117. The summed E-state index contributed by atoms with van der Waals surface area (Å²) in [5.74, 6) is -1.41. The van der Waals surface area contributed by atoms with Crippen molar-refractivity contribution < 1.29 is 17.1 Å². The Hall–Kier alpha value is -0.480. The molecule has 9 heteroatoms. The van der Waals surface area contributed by atoms with E-state index in [1.165, 1.54) is 11.1 Å². The molecule has 1 aliphatic rings. The van der Waals surface area contributed by atoms with Crippen molar-refractivity contribution in [2.45, 2.75) is 6.42 Å². The highest BCUT2D eigenvalue weighted by Crippen LogP contribution is 2.32. The molecule has 0 aromatic carbocycles. The van der Waals surface area contributed by atoms with Gasteiger partial charge in [0.05, 0.1) is 15.0 Å². The smallest absolute Gasteiger partial charge is 0.302 e. The fourth-order valence-electron chi connectivity index (χ4n) is 2.02. The zero-order valence-corrected chi connectivity index (χ0v) is 13.2. The second kappa shape index (κ2) is 5.49. The molecule has 19 heavy (non-hydrogen) atoms. The van der Waals surface area contributed by atoms with Gasteiger partial charge < -0.3 is 4.90 Å². The first-order chi connectivity index (χ1) is 8.78. The van der Waals surface area contributed by atoms with Crippen LogP contribution in [0.25, 0.3) is 0 Å². The van der Waals surface area contributed by atoms with Gasteiger partial charge in [0.2, 0.25) is 5.91 Å². The van der Waals surface area contributed by atoms with Crippen molar-refractivity contribution in [1.82, 2.24) is 4.98 Å². The molecule has 2 rings (SSSR count). The van der Waals surface area contributed by atoms with Crippen molar-refractivity contribution in [2.75, 3.05) is 17.2 Å². The van der Waals surface area contributed by atoms with Gasteiger partial charge in [0.15, 0.2) is 0 Å². The summed E-state index contributed by atoms with van der Waals surface area (Å²) >= 11 is 7.83. The molecule has 0 saturated carbocycles. The molecule has 1 atom stereocenters. The Kier molecular flexibility index (Phi) is 4.31. The summed E-state index contributed by atoms with van der Waals surface area (Å²) in [6.07, 6.45) is 1.48. The van der Waals surface area contributed by atoms with E-state index in [9.17, 15) is 17.1 Å². The summed E-state index contributed by atoms with van der Waals surface area (Å²) in [7, 11) is -4.57. The number of hydrogen-bond acceptors (Lipinski definition) is 4. The first kappa shape index (κ1) is 14.9. The molecular formula is C10H9ClFIN2O3S. The van der Waals surface area contributed by atoms with Gasteiger partial charge >= 0.3 is 10.2 Å². The molecular weight excluding hydrogens is 410 g/mol. The lowest BCUT2D eigenvalue weighted by Gasteiger charge is -2.18. The number of rotatable bonds is 3. The topological polar surface area (TPSA) is 67.3 Å². The van der Waals surface area contributed by atoms with Gasteiger partial charge in [-0.25, -0.2) is 4.98 Å². The molecule has 1 unspecified atom stereocenters. The Balaban J connectivity index is 2.23. The minimum Gasteiger partial charge on any atom is -0.311 e. The van der Waals surface area contributed by atoms with E-state index in [0.29, 0.717) is 9.26 Å². The van der Waals surface area contributed by atoms with Crippen molar-refractivity contribution >= 4 is 56.0 Å². The van der Waals surface area contributed by atoms with E-state index < -0.39 is 21.9 Å². The maximum absolute atomic E-state index is 12.7. The average molecular weight is 419 g/mol. The molecule has 1 fully saturated rings. The molecule has 2 heterocycles. The Bertz CT molecular complexity index is 625. The highest BCUT2D eigenvalue weighted by molar-refractivity contribution is 14.1. The molecule has 1 aromatic heterocycles. The lowest BCUT2D eigenvalue weighted by Crippen LogP contribution is -2.26. The van der Waals surface area contributed by atoms with Crippen LogP contribution < -0.4 is 4.90 Å². The first-order valence-corrected chi connectivity index (χ1v) is 8.31. The average Bonchev–Trinajstić information content (AvgIpc) is 2.61. The zero-order valence-electron chi connectivity index (χ0n) is 9.51. The van der Waals surface area contributed by atoms with E-state index >= 15 is 0 Å². The molecule has 0 aliphatic carbocycles. The summed E-state index contributed by atoms with van der Waals surface area (Å²) in [5, 5.41) is 0.271. The summed E-state index contributed by atoms with van der Waals surface area (Å²) < 4.78 is 34.5. The van der Waals surface area contributed by atoms with Crippen LogP contribution in [0, 0.1) is 9.49 Å². The van der Waals surface area contributed by atoms with Crippen LogP contribution in [-0.2, 0) is 15.0 Å². The number of carbonyl (C=O) groups is 1. The van der Waals surface area contributed by atoms with Gasteiger partial charge in [-0.3, -0.25) is 4.79 Å². The second-order valence-corrected chi connectivity index (χ2v) is 7.06.